The molecule has 0 aromatic heterocycles. The smallest absolute Gasteiger partial charge is 0.130 e. The van der Waals surface area contributed by atoms with Gasteiger partial charge in [0.1, 0.15) is 11.5 Å². The van der Waals surface area contributed by atoms with Gasteiger partial charge >= 0.3 is 0 Å². The molecule has 0 fully saturated rings. The van der Waals surface area contributed by atoms with E-state index in [4.69, 9.17) is 10.5 Å². The van der Waals surface area contributed by atoms with Crippen LogP contribution in [0.15, 0.2) is 72.8 Å². The van der Waals surface area contributed by atoms with Crippen LogP contribution >= 0.6 is 0 Å². The minimum absolute atomic E-state index is 0.0447. The van der Waals surface area contributed by atoms with E-state index in [0.29, 0.717) is 0 Å². The average Bonchev–Trinajstić information content (AvgIpc) is 2.59. The van der Waals surface area contributed by atoms with Crippen molar-refractivity contribution < 1.29 is 4.74 Å². The lowest BCUT2D eigenvalue weighted by Crippen LogP contribution is -2.18. The van der Waals surface area contributed by atoms with E-state index < -0.39 is 0 Å². The van der Waals surface area contributed by atoms with E-state index in [-0.39, 0.29) is 5.41 Å². The van der Waals surface area contributed by atoms with Crippen molar-refractivity contribution in [3.63, 3.8) is 0 Å². The van der Waals surface area contributed by atoms with Crippen LogP contribution in [0.3, 0.4) is 0 Å². The molecular weight excluding hydrogens is 294 g/mol. The molecule has 0 saturated carbocycles. The third kappa shape index (κ3) is 3.28. The first-order valence-electron chi connectivity index (χ1n) is 8.17. The first-order chi connectivity index (χ1) is 11.5. The fraction of sp³-hybridized carbons (Fsp3) is 0.182. The van der Waals surface area contributed by atoms with Crippen molar-refractivity contribution in [1.82, 2.24) is 0 Å². The van der Waals surface area contributed by atoms with E-state index in [0.717, 1.165) is 22.7 Å². The lowest BCUT2D eigenvalue weighted by atomic mass is 9.78. The zero-order valence-corrected chi connectivity index (χ0v) is 14.4. The number of ether oxygens (including phenoxy) is 1. The summed E-state index contributed by atoms with van der Waals surface area (Å²) >= 11 is 0. The van der Waals surface area contributed by atoms with Gasteiger partial charge in [-0.1, -0.05) is 56.3 Å². The molecule has 0 aliphatic carbocycles. The van der Waals surface area contributed by atoms with Gasteiger partial charge in [0.15, 0.2) is 0 Å². The monoisotopic (exact) mass is 317 g/mol. The van der Waals surface area contributed by atoms with E-state index in [2.05, 4.69) is 50.2 Å². The SMILES string of the molecule is Cc1cc(N)ccc1Oc1ccc(C(C)(C)c2ccccc2)cc1. The number of nitrogens with two attached hydrogens (primary N) is 1. The topological polar surface area (TPSA) is 35.2 Å². The van der Waals surface area contributed by atoms with Crippen LogP contribution in [0.2, 0.25) is 0 Å². The number of rotatable bonds is 4. The largest absolute Gasteiger partial charge is 0.457 e. The zero-order valence-electron chi connectivity index (χ0n) is 14.4. The van der Waals surface area contributed by atoms with Gasteiger partial charge in [-0.3, -0.25) is 0 Å². The van der Waals surface area contributed by atoms with Crippen molar-refractivity contribution >= 4 is 5.69 Å². The quantitative estimate of drug-likeness (QED) is 0.627. The standard InChI is InChI=1S/C22H23NO/c1-16-15-19(23)11-14-21(16)24-20-12-9-18(10-13-20)22(2,3)17-7-5-4-6-8-17/h4-15H,23H2,1-3H3. The third-order valence-electron chi connectivity index (χ3n) is 4.50. The molecule has 24 heavy (non-hydrogen) atoms. The molecular formula is C22H23NO. The van der Waals surface area contributed by atoms with Gasteiger partial charge in [-0.2, -0.15) is 0 Å². The summed E-state index contributed by atoms with van der Waals surface area (Å²) in [5.74, 6) is 1.66. The highest BCUT2D eigenvalue weighted by Gasteiger charge is 2.22. The van der Waals surface area contributed by atoms with Crippen molar-refractivity contribution in [3.8, 4) is 11.5 Å². The summed E-state index contributed by atoms with van der Waals surface area (Å²) in [4.78, 5) is 0. The van der Waals surface area contributed by atoms with Crippen molar-refractivity contribution in [2.45, 2.75) is 26.2 Å². The Hall–Kier alpha value is -2.74. The second-order valence-electron chi connectivity index (χ2n) is 6.64. The Labute approximate surface area is 143 Å². The van der Waals surface area contributed by atoms with Crippen LogP contribution in [0.5, 0.6) is 11.5 Å². The summed E-state index contributed by atoms with van der Waals surface area (Å²) in [5.41, 5.74) is 10.1. The fourth-order valence-electron chi connectivity index (χ4n) is 2.88. The molecule has 3 aromatic carbocycles. The van der Waals surface area contributed by atoms with Crippen LogP contribution in [0.25, 0.3) is 0 Å². The molecule has 0 aliphatic heterocycles. The molecule has 0 heterocycles. The van der Waals surface area contributed by atoms with E-state index in [1.165, 1.54) is 11.1 Å². The minimum Gasteiger partial charge on any atom is -0.457 e. The van der Waals surface area contributed by atoms with Gasteiger partial charge in [0.2, 0.25) is 0 Å². The lowest BCUT2D eigenvalue weighted by Gasteiger charge is -2.26. The number of anilines is 1. The second kappa shape index (κ2) is 6.40. The maximum Gasteiger partial charge on any atom is 0.130 e. The Morgan fingerprint density at radius 1 is 0.792 bits per heavy atom. The maximum atomic E-state index is 5.98. The number of benzene rings is 3. The summed E-state index contributed by atoms with van der Waals surface area (Å²) < 4.78 is 5.98. The van der Waals surface area contributed by atoms with Crippen LogP contribution in [0.1, 0.15) is 30.5 Å². The number of nitrogen functional groups attached to an aromatic ring is 1. The van der Waals surface area contributed by atoms with Crippen LogP contribution in [-0.2, 0) is 5.41 Å². The molecule has 0 atom stereocenters. The molecule has 3 rings (SSSR count). The Bertz CT molecular complexity index is 820. The highest BCUT2D eigenvalue weighted by atomic mass is 16.5. The van der Waals surface area contributed by atoms with E-state index in [1.807, 2.05) is 43.3 Å². The number of hydrogen-bond acceptors (Lipinski definition) is 2. The molecule has 3 aromatic rings. The highest BCUT2D eigenvalue weighted by Crippen LogP contribution is 2.33. The predicted molar refractivity (Wildman–Crippen MR) is 101 cm³/mol. The number of hydrogen-bond donors (Lipinski definition) is 1. The van der Waals surface area contributed by atoms with Gasteiger partial charge < -0.3 is 10.5 Å². The lowest BCUT2D eigenvalue weighted by molar-refractivity contribution is 0.478. The van der Waals surface area contributed by atoms with E-state index >= 15 is 0 Å². The average molecular weight is 317 g/mol. The first-order valence-corrected chi connectivity index (χ1v) is 8.17. The van der Waals surface area contributed by atoms with Crippen LogP contribution < -0.4 is 10.5 Å². The normalized spacial score (nSPS) is 11.3. The zero-order chi connectivity index (χ0) is 17.2. The molecule has 0 radical (unpaired) electrons. The predicted octanol–water partition coefficient (Wildman–Crippen LogP) is 5.70. The minimum atomic E-state index is -0.0447. The van der Waals surface area contributed by atoms with Crippen LogP contribution in [-0.4, -0.2) is 0 Å². The summed E-state index contributed by atoms with van der Waals surface area (Å²) in [6.07, 6.45) is 0. The summed E-state index contributed by atoms with van der Waals surface area (Å²) in [7, 11) is 0. The Balaban J connectivity index is 1.83. The van der Waals surface area contributed by atoms with Gasteiger partial charge in [-0.05, 0) is 53.9 Å². The summed E-state index contributed by atoms with van der Waals surface area (Å²) in [5, 5.41) is 0. The van der Waals surface area contributed by atoms with Crippen LogP contribution in [0, 0.1) is 6.92 Å². The molecule has 0 amide bonds. The molecule has 2 heteroatoms. The van der Waals surface area contributed by atoms with Crippen molar-refractivity contribution in [1.29, 1.82) is 0 Å². The van der Waals surface area contributed by atoms with E-state index in [1.54, 1.807) is 0 Å². The highest BCUT2D eigenvalue weighted by molar-refractivity contribution is 5.49. The molecule has 0 aliphatic rings. The number of aryl methyl sites for hydroxylation is 1. The molecule has 2 nitrogen and oxygen atoms in total. The summed E-state index contributed by atoms with van der Waals surface area (Å²) in [6.45, 7) is 6.48. The second-order valence-corrected chi connectivity index (χ2v) is 6.64. The van der Waals surface area contributed by atoms with Gasteiger partial charge in [0.05, 0.1) is 0 Å². The molecule has 0 unspecified atom stereocenters. The van der Waals surface area contributed by atoms with Crippen molar-refractivity contribution in [2.24, 2.45) is 0 Å². The Kier molecular flexibility index (Phi) is 4.30. The maximum absolute atomic E-state index is 5.98. The molecule has 0 spiro atoms. The fourth-order valence-corrected chi connectivity index (χ4v) is 2.88. The Morgan fingerprint density at radius 2 is 1.42 bits per heavy atom. The molecule has 122 valence electrons. The van der Waals surface area contributed by atoms with Crippen LogP contribution in [0.4, 0.5) is 5.69 Å². The van der Waals surface area contributed by atoms with E-state index in [9.17, 15) is 0 Å². The molecule has 2 N–H and O–H groups in total. The first kappa shape index (κ1) is 16.1. The summed E-state index contributed by atoms with van der Waals surface area (Å²) in [6, 6.07) is 24.5. The van der Waals surface area contributed by atoms with Gasteiger partial charge in [-0.25, -0.2) is 0 Å². The van der Waals surface area contributed by atoms with Crippen molar-refractivity contribution in [3.05, 3.63) is 89.5 Å². The van der Waals surface area contributed by atoms with Crippen molar-refractivity contribution in [2.75, 3.05) is 5.73 Å². The Morgan fingerprint density at radius 3 is 2.04 bits per heavy atom. The third-order valence-corrected chi connectivity index (χ3v) is 4.50. The van der Waals surface area contributed by atoms with Gasteiger partial charge in [-0.15, -0.1) is 0 Å². The molecule has 0 saturated heterocycles. The van der Waals surface area contributed by atoms with Gasteiger partial charge in [0.25, 0.3) is 0 Å². The van der Waals surface area contributed by atoms with Gasteiger partial charge in [0, 0.05) is 11.1 Å². The molecule has 0 bridgehead atoms.